The van der Waals surface area contributed by atoms with Crippen molar-refractivity contribution in [1.82, 2.24) is 10.2 Å². The number of nitrogens with zero attached hydrogens (tertiary/aromatic N) is 3. The summed E-state index contributed by atoms with van der Waals surface area (Å²) in [6.45, 7) is 3.20. The fraction of sp³-hybridized carbons (Fsp3) is 0.167. The first-order chi connectivity index (χ1) is 8.11. The average molecular weight is 227 g/mol. The van der Waals surface area contributed by atoms with E-state index in [0.717, 1.165) is 5.56 Å². The van der Waals surface area contributed by atoms with Crippen molar-refractivity contribution in [2.24, 2.45) is 0 Å². The Kier molecular flexibility index (Phi) is 2.71. The fourth-order valence-corrected chi connectivity index (χ4v) is 1.51. The standard InChI is InChI=1S/C12H9N3O2/c1-7-3-4-9-10(5-7)14-15-11(6-13)12(9)17-8(2)16/h3-5H,1-2H3. The van der Waals surface area contributed by atoms with Gasteiger partial charge in [-0.05, 0) is 24.6 Å². The smallest absolute Gasteiger partial charge is 0.308 e. The summed E-state index contributed by atoms with van der Waals surface area (Å²) >= 11 is 0. The van der Waals surface area contributed by atoms with Crippen LogP contribution < -0.4 is 4.74 Å². The Morgan fingerprint density at radius 3 is 2.82 bits per heavy atom. The lowest BCUT2D eigenvalue weighted by molar-refractivity contribution is -0.131. The summed E-state index contributed by atoms with van der Waals surface area (Å²) in [7, 11) is 0. The molecule has 5 nitrogen and oxygen atoms in total. The second kappa shape index (κ2) is 4.18. The topological polar surface area (TPSA) is 75.9 Å². The quantitative estimate of drug-likeness (QED) is 0.693. The van der Waals surface area contributed by atoms with Crippen LogP contribution in [-0.2, 0) is 4.79 Å². The van der Waals surface area contributed by atoms with E-state index in [0.29, 0.717) is 10.9 Å². The van der Waals surface area contributed by atoms with Gasteiger partial charge in [0.05, 0.1) is 5.52 Å². The summed E-state index contributed by atoms with van der Waals surface area (Å²) in [5.74, 6) is -0.318. The number of aromatic nitrogens is 2. The summed E-state index contributed by atoms with van der Waals surface area (Å²) in [5.41, 5.74) is 1.63. The van der Waals surface area contributed by atoms with Crippen LogP contribution in [-0.4, -0.2) is 16.2 Å². The maximum absolute atomic E-state index is 11.0. The van der Waals surface area contributed by atoms with Gasteiger partial charge in [0.1, 0.15) is 6.07 Å². The number of hydrogen-bond donors (Lipinski definition) is 0. The van der Waals surface area contributed by atoms with Gasteiger partial charge in [0.2, 0.25) is 5.69 Å². The molecule has 0 saturated carbocycles. The molecule has 0 bridgehead atoms. The minimum Gasteiger partial charge on any atom is -0.423 e. The Morgan fingerprint density at radius 2 is 2.18 bits per heavy atom. The van der Waals surface area contributed by atoms with Crippen LogP contribution in [0.4, 0.5) is 0 Å². The third-order valence-electron chi connectivity index (χ3n) is 2.22. The summed E-state index contributed by atoms with van der Waals surface area (Å²) in [4.78, 5) is 11.0. The highest BCUT2D eigenvalue weighted by Gasteiger charge is 2.13. The van der Waals surface area contributed by atoms with Gasteiger partial charge in [0, 0.05) is 12.3 Å². The van der Waals surface area contributed by atoms with E-state index in [-0.39, 0.29) is 11.4 Å². The molecule has 0 N–H and O–H groups in total. The van der Waals surface area contributed by atoms with Crippen LogP contribution in [0.15, 0.2) is 18.2 Å². The predicted molar refractivity (Wildman–Crippen MR) is 60.3 cm³/mol. The molecule has 0 aliphatic heterocycles. The molecule has 2 rings (SSSR count). The molecule has 2 aromatic rings. The van der Waals surface area contributed by atoms with E-state index in [1.54, 1.807) is 6.07 Å². The molecule has 0 saturated heterocycles. The molecule has 1 aromatic carbocycles. The molecule has 0 amide bonds. The van der Waals surface area contributed by atoms with Crippen molar-refractivity contribution in [2.45, 2.75) is 13.8 Å². The number of esters is 1. The van der Waals surface area contributed by atoms with Crippen LogP contribution in [0.25, 0.3) is 10.9 Å². The molecule has 0 aliphatic carbocycles. The maximum atomic E-state index is 11.0. The molecular formula is C12H9N3O2. The Labute approximate surface area is 97.6 Å². The van der Waals surface area contributed by atoms with Gasteiger partial charge >= 0.3 is 5.97 Å². The molecule has 0 fully saturated rings. The molecule has 5 heteroatoms. The zero-order chi connectivity index (χ0) is 12.4. The van der Waals surface area contributed by atoms with E-state index in [1.165, 1.54) is 6.92 Å². The van der Waals surface area contributed by atoms with Gasteiger partial charge in [-0.15, -0.1) is 10.2 Å². The van der Waals surface area contributed by atoms with Gasteiger partial charge in [-0.1, -0.05) is 6.07 Å². The molecule has 1 heterocycles. The number of nitriles is 1. The van der Waals surface area contributed by atoms with E-state index in [1.807, 2.05) is 25.1 Å². The molecule has 0 spiro atoms. The van der Waals surface area contributed by atoms with E-state index in [2.05, 4.69) is 10.2 Å². The van der Waals surface area contributed by atoms with Crippen molar-refractivity contribution < 1.29 is 9.53 Å². The van der Waals surface area contributed by atoms with Crippen molar-refractivity contribution in [3.8, 4) is 11.8 Å². The van der Waals surface area contributed by atoms with Gasteiger partial charge in [-0.2, -0.15) is 5.26 Å². The molecule has 0 unspecified atom stereocenters. The Balaban J connectivity index is 2.75. The number of rotatable bonds is 1. The van der Waals surface area contributed by atoms with E-state index >= 15 is 0 Å². The number of carbonyl (C=O) groups excluding carboxylic acids is 1. The van der Waals surface area contributed by atoms with Gasteiger partial charge in [-0.3, -0.25) is 4.79 Å². The third-order valence-corrected chi connectivity index (χ3v) is 2.22. The minimum atomic E-state index is -0.489. The van der Waals surface area contributed by atoms with Crippen LogP contribution in [0.3, 0.4) is 0 Å². The zero-order valence-corrected chi connectivity index (χ0v) is 9.39. The van der Waals surface area contributed by atoms with E-state index in [4.69, 9.17) is 10.00 Å². The number of aryl methyl sites for hydroxylation is 1. The van der Waals surface area contributed by atoms with Crippen LogP contribution >= 0.6 is 0 Å². The molecule has 1 aromatic heterocycles. The Morgan fingerprint density at radius 1 is 1.41 bits per heavy atom. The molecule has 0 radical (unpaired) electrons. The number of ether oxygens (including phenoxy) is 1. The van der Waals surface area contributed by atoms with Crippen molar-refractivity contribution in [3.63, 3.8) is 0 Å². The molecule has 17 heavy (non-hydrogen) atoms. The predicted octanol–water partition coefficient (Wildman–Crippen LogP) is 1.74. The second-order valence-corrected chi connectivity index (χ2v) is 3.60. The maximum Gasteiger partial charge on any atom is 0.308 e. The summed E-state index contributed by atoms with van der Waals surface area (Å²) in [6.07, 6.45) is 0. The van der Waals surface area contributed by atoms with Gasteiger partial charge in [-0.25, -0.2) is 0 Å². The number of benzene rings is 1. The van der Waals surface area contributed by atoms with E-state index in [9.17, 15) is 4.79 Å². The van der Waals surface area contributed by atoms with E-state index < -0.39 is 5.97 Å². The van der Waals surface area contributed by atoms with Crippen LogP contribution in [0.1, 0.15) is 18.2 Å². The minimum absolute atomic E-state index is 0.0107. The lowest BCUT2D eigenvalue weighted by Gasteiger charge is -2.06. The summed E-state index contributed by atoms with van der Waals surface area (Å²) in [5, 5.41) is 17.2. The van der Waals surface area contributed by atoms with Gasteiger partial charge < -0.3 is 4.74 Å². The van der Waals surface area contributed by atoms with Crippen molar-refractivity contribution >= 4 is 16.9 Å². The lowest BCUT2D eigenvalue weighted by Crippen LogP contribution is -2.05. The third kappa shape index (κ3) is 2.06. The highest BCUT2D eigenvalue weighted by atomic mass is 16.5. The summed E-state index contributed by atoms with van der Waals surface area (Å²) < 4.78 is 5.03. The second-order valence-electron chi connectivity index (χ2n) is 3.60. The first-order valence-corrected chi connectivity index (χ1v) is 4.97. The zero-order valence-electron chi connectivity index (χ0n) is 9.39. The van der Waals surface area contributed by atoms with Crippen LogP contribution in [0.2, 0.25) is 0 Å². The first-order valence-electron chi connectivity index (χ1n) is 4.97. The van der Waals surface area contributed by atoms with Crippen molar-refractivity contribution in [2.75, 3.05) is 0 Å². The summed E-state index contributed by atoms with van der Waals surface area (Å²) in [6, 6.07) is 7.29. The number of hydrogen-bond acceptors (Lipinski definition) is 5. The fourth-order valence-electron chi connectivity index (χ4n) is 1.51. The Hall–Kier alpha value is -2.48. The number of carbonyl (C=O) groups is 1. The first kappa shape index (κ1) is 11.0. The SMILES string of the molecule is CC(=O)Oc1c(C#N)nnc2cc(C)ccc12. The van der Waals surface area contributed by atoms with Crippen molar-refractivity contribution in [3.05, 3.63) is 29.5 Å². The van der Waals surface area contributed by atoms with Crippen molar-refractivity contribution in [1.29, 1.82) is 5.26 Å². The normalized spacial score (nSPS) is 9.94. The van der Waals surface area contributed by atoms with Gasteiger partial charge in [0.25, 0.3) is 0 Å². The average Bonchev–Trinajstić information content (AvgIpc) is 2.28. The molecular weight excluding hydrogens is 218 g/mol. The van der Waals surface area contributed by atoms with Crippen LogP contribution in [0.5, 0.6) is 5.75 Å². The van der Waals surface area contributed by atoms with Gasteiger partial charge in [0.15, 0.2) is 5.75 Å². The highest BCUT2D eigenvalue weighted by Crippen LogP contribution is 2.27. The van der Waals surface area contributed by atoms with Crippen LogP contribution in [0, 0.1) is 18.3 Å². The monoisotopic (exact) mass is 227 g/mol. The highest BCUT2D eigenvalue weighted by molar-refractivity contribution is 5.88. The largest absolute Gasteiger partial charge is 0.423 e. The Bertz CT molecular complexity index is 644. The molecule has 84 valence electrons. The molecule has 0 atom stereocenters. The molecule has 0 aliphatic rings. The number of fused-ring (bicyclic) bond motifs is 1. The lowest BCUT2D eigenvalue weighted by atomic mass is 10.1.